The molecule has 2 N–H and O–H groups in total. The van der Waals surface area contributed by atoms with E-state index in [1.54, 1.807) is 0 Å². The number of anilines is 1. The van der Waals surface area contributed by atoms with E-state index in [0.29, 0.717) is 18.8 Å². The molecule has 0 aliphatic rings. The SMILES string of the molecule is COCCNc1c(Cl)ccc(C(=O)c2cnn(C)c2O)c1CS(C)(=O)=O. The number of hydrogen-bond donors (Lipinski definition) is 2. The van der Waals surface area contributed by atoms with Gasteiger partial charge in [0.15, 0.2) is 15.6 Å². The average Bonchev–Trinajstić information content (AvgIpc) is 2.88. The Morgan fingerprint density at radius 3 is 2.62 bits per heavy atom. The minimum atomic E-state index is -3.46. The van der Waals surface area contributed by atoms with E-state index in [1.807, 2.05) is 0 Å². The number of carbonyl (C=O) groups is 1. The molecule has 0 radical (unpaired) electrons. The molecule has 0 aliphatic carbocycles. The van der Waals surface area contributed by atoms with Crippen LogP contribution < -0.4 is 5.32 Å². The molecule has 0 saturated carbocycles. The zero-order valence-corrected chi connectivity index (χ0v) is 16.2. The standard InChI is InChI=1S/C16H20ClN3O5S/c1-20-16(22)11(8-19-20)15(21)10-4-5-13(17)14(18-6-7-25-2)12(10)9-26(3,23)24/h4-5,8,18,22H,6-7,9H2,1-3H3. The van der Waals surface area contributed by atoms with Crippen LogP contribution in [-0.4, -0.2) is 55.6 Å². The van der Waals surface area contributed by atoms with E-state index in [-0.39, 0.29) is 33.3 Å². The number of ether oxygens (including phenoxy) is 1. The molecule has 2 aromatic rings. The van der Waals surface area contributed by atoms with Gasteiger partial charge in [0.05, 0.1) is 29.3 Å². The summed E-state index contributed by atoms with van der Waals surface area (Å²) in [5.74, 6) is -1.23. The van der Waals surface area contributed by atoms with Crippen LogP contribution in [0.4, 0.5) is 5.69 Å². The Kier molecular flexibility index (Phi) is 6.27. The predicted octanol–water partition coefficient (Wildman–Crippen LogP) is 1.61. The number of carbonyl (C=O) groups excluding carboxylic acids is 1. The van der Waals surface area contributed by atoms with Crippen molar-refractivity contribution in [3.05, 3.63) is 40.0 Å². The normalized spacial score (nSPS) is 11.5. The lowest BCUT2D eigenvalue weighted by Gasteiger charge is -2.17. The first-order valence-corrected chi connectivity index (χ1v) is 10.1. The van der Waals surface area contributed by atoms with Crippen molar-refractivity contribution in [1.82, 2.24) is 9.78 Å². The summed E-state index contributed by atoms with van der Waals surface area (Å²) < 4.78 is 29.9. The molecule has 1 aromatic carbocycles. The maximum Gasteiger partial charge on any atom is 0.220 e. The average molecular weight is 402 g/mol. The lowest BCUT2D eigenvalue weighted by molar-refractivity contribution is 0.103. The van der Waals surface area contributed by atoms with Crippen molar-refractivity contribution in [3.63, 3.8) is 0 Å². The van der Waals surface area contributed by atoms with E-state index < -0.39 is 15.6 Å². The van der Waals surface area contributed by atoms with Crippen LogP contribution in [0.15, 0.2) is 18.3 Å². The van der Waals surface area contributed by atoms with Crippen LogP contribution in [0.3, 0.4) is 0 Å². The Hall–Kier alpha value is -2.10. The van der Waals surface area contributed by atoms with E-state index in [0.717, 1.165) is 10.9 Å². The van der Waals surface area contributed by atoms with E-state index in [1.165, 1.54) is 32.5 Å². The molecule has 1 aromatic heterocycles. The molecular weight excluding hydrogens is 382 g/mol. The highest BCUT2D eigenvalue weighted by atomic mass is 35.5. The topological polar surface area (TPSA) is 111 Å². The number of halogens is 1. The number of aryl methyl sites for hydroxylation is 1. The third-order valence-electron chi connectivity index (χ3n) is 3.67. The van der Waals surface area contributed by atoms with Crippen molar-refractivity contribution >= 4 is 32.9 Å². The third kappa shape index (κ3) is 4.54. The number of nitrogens with zero attached hydrogens (tertiary/aromatic N) is 2. The first-order valence-electron chi connectivity index (χ1n) is 7.63. The van der Waals surface area contributed by atoms with Crippen LogP contribution in [0.5, 0.6) is 5.88 Å². The second-order valence-corrected chi connectivity index (χ2v) is 8.32. The molecule has 26 heavy (non-hydrogen) atoms. The molecule has 142 valence electrons. The van der Waals surface area contributed by atoms with Crippen molar-refractivity contribution < 1.29 is 23.1 Å². The number of aromatic hydroxyl groups is 1. The second kappa shape index (κ2) is 8.07. The number of ketones is 1. The lowest BCUT2D eigenvalue weighted by Crippen LogP contribution is -2.15. The summed E-state index contributed by atoms with van der Waals surface area (Å²) in [6.07, 6.45) is 2.30. The minimum Gasteiger partial charge on any atom is -0.493 e. The van der Waals surface area contributed by atoms with Gasteiger partial charge in [-0.3, -0.25) is 4.79 Å². The summed E-state index contributed by atoms with van der Waals surface area (Å²) in [6, 6.07) is 2.95. The van der Waals surface area contributed by atoms with Crippen LogP contribution in [-0.2, 0) is 27.4 Å². The first kappa shape index (κ1) is 20.2. The Balaban J connectivity index is 2.58. The number of methoxy groups -OCH3 is 1. The number of rotatable bonds is 8. The number of sulfone groups is 1. The summed E-state index contributed by atoms with van der Waals surface area (Å²) in [7, 11) is -0.433. The Morgan fingerprint density at radius 1 is 1.38 bits per heavy atom. The Labute approximate surface area is 156 Å². The zero-order chi connectivity index (χ0) is 19.5. The molecule has 0 saturated heterocycles. The minimum absolute atomic E-state index is 0.0209. The van der Waals surface area contributed by atoms with Crippen LogP contribution >= 0.6 is 11.6 Å². The fraction of sp³-hybridized carbons (Fsp3) is 0.375. The number of nitrogens with one attached hydrogen (secondary N) is 1. The van der Waals surface area contributed by atoms with Gasteiger partial charge in [0.1, 0.15) is 5.56 Å². The fourth-order valence-electron chi connectivity index (χ4n) is 2.45. The molecule has 0 atom stereocenters. The van der Waals surface area contributed by atoms with E-state index in [2.05, 4.69) is 10.4 Å². The molecule has 0 fully saturated rings. The third-order valence-corrected chi connectivity index (χ3v) is 4.80. The Bertz CT molecular complexity index is 924. The van der Waals surface area contributed by atoms with Gasteiger partial charge in [0, 0.05) is 38.1 Å². The Morgan fingerprint density at radius 2 is 2.08 bits per heavy atom. The summed E-state index contributed by atoms with van der Waals surface area (Å²) >= 11 is 6.22. The van der Waals surface area contributed by atoms with Crippen LogP contribution in [0.1, 0.15) is 21.5 Å². The summed E-state index contributed by atoms with van der Waals surface area (Å²) in [5.41, 5.74) is 0.697. The molecule has 0 bridgehead atoms. The van der Waals surface area contributed by atoms with Gasteiger partial charge < -0.3 is 15.2 Å². The van der Waals surface area contributed by atoms with Crippen molar-refractivity contribution in [2.45, 2.75) is 5.75 Å². The largest absolute Gasteiger partial charge is 0.493 e. The predicted molar refractivity (Wildman–Crippen MR) is 98.7 cm³/mol. The highest BCUT2D eigenvalue weighted by molar-refractivity contribution is 7.89. The quantitative estimate of drug-likeness (QED) is 0.510. The first-order chi connectivity index (χ1) is 12.2. The van der Waals surface area contributed by atoms with Crippen molar-refractivity contribution in [2.75, 3.05) is 31.8 Å². The summed E-state index contributed by atoms with van der Waals surface area (Å²) in [5, 5.41) is 17.1. The maximum absolute atomic E-state index is 12.9. The van der Waals surface area contributed by atoms with Crippen molar-refractivity contribution in [1.29, 1.82) is 0 Å². The van der Waals surface area contributed by atoms with Gasteiger partial charge in [-0.05, 0) is 12.1 Å². The molecule has 0 unspecified atom stereocenters. The van der Waals surface area contributed by atoms with Gasteiger partial charge >= 0.3 is 0 Å². The van der Waals surface area contributed by atoms with Gasteiger partial charge in [0.25, 0.3) is 0 Å². The molecular formula is C16H20ClN3O5S. The molecule has 0 spiro atoms. The van der Waals surface area contributed by atoms with Crippen molar-refractivity contribution in [3.8, 4) is 5.88 Å². The highest BCUT2D eigenvalue weighted by Gasteiger charge is 2.25. The van der Waals surface area contributed by atoms with Crippen LogP contribution in [0.2, 0.25) is 5.02 Å². The number of aromatic nitrogens is 2. The zero-order valence-electron chi connectivity index (χ0n) is 14.6. The van der Waals surface area contributed by atoms with Gasteiger partial charge in [0.2, 0.25) is 5.88 Å². The molecule has 1 heterocycles. The highest BCUT2D eigenvalue weighted by Crippen LogP contribution is 2.33. The van der Waals surface area contributed by atoms with Gasteiger partial charge in [-0.15, -0.1) is 0 Å². The van der Waals surface area contributed by atoms with E-state index in [9.17, 15) is 18.3 Å². The van der Waals surface area contributed by atoms with Crippen molar-refractivity contribution in [2.24, 2.45) is 7.05 Å². The maximum atomic E-state index is 12.9. The smallest absolute Gasteiger partial charge is 0.220 e. The molecule has 2 rings (SSSR count). The fourth-order valence-corrected chi connectivity index (χ4v) is 3.52. The lowest BCUT2D eigenvalue weighted by atomic mass is 9.99. The molecule has 0 aliphatic heterocycles. The van der Waals surface area contributed by atoms with Gasteiger partial charge in [-0.1, -0.05) is 11.6 Å². The second-order valence-electron chi connectivity index (χ2n) is 5.77. The monoisotopic (exact) mass is 401 g/mol. The van der Waals surface area contributed by atoms with Crippen LogP contribution in [0.25, 0.3) is 0 Å². The molecule has 8 nitrogen and oxygen atoms in total. The van der Waals surface area contributed by atoms with E-state index >= 15 is 0 Å². The summed E-state index contributed by atoms with van der Waals surface area (Å²) in [4.78, 5) is 12.9. The number of benzene rings is 1. The van der Waals surface area contributed by atoms with Crippen LogP contribution in [0, 0.1) is 0 Å². The molecule has 10 heteroatoms. The van der Waals surface area contributed by atoms with Gasteiger partial charge in [-0.25, -0.2) is 13.1 Å². The van der Waals surface area contributed by atoms with Gasteiger partial charge in [-0.2, -0.15) is 5.10 Å². The van der Waals surface area contributed by atoms with E-state index in [4.69, 9.17) is 16.3 Å². The molecule has 0 amide bonds. The summed E-state index contributed by atoms with van der Waals surface area (Å²) in [6.45, 7) is 0.749. The number of hydrogen-bond acceptors (Lipinski definition) is 7.